The van der Waals surface area contributed by atoms with Crippen LogP contribution in [0.5, 0.6) is 0 Å². The molecule has 0 bridgehead atoms. The molecular formula is C26H20F3N5O3. The number of aromatic carboxylic acids is 1. The Hall–Kier alpha value is -4.41. The van der Waals surface area contributed by atoms with Crippen molar-refractivity contribution >= 4 is 23.0 Å². The average molecular weight is 507 g/mol. The molecule has 2 N–H and O–H groups in total. The Morgan fingerprint density at radius 3 is 2.68 bits per heavy atom. The van der Waals surface area contributed by atoms with Gasteiger partial charge in [0.2, 0.25) is 0 Å². The summed E-state index contributed by atoms with van der Waals surface area (Å²) in [5.41, 5.74) is 3.57. The molecule has 1 aliphatic carbocycles. The molecule has 0 radical (unpaired) electrons. The van der Waals surface area contributed by atoms with Crippen LogP contribution in [0.1, 0.15) is 28.0 Å². The van der Waals surface area contributed by atoms with E-state index in [-0.39, 0.29) is 18.6 Å². The number of aromatic nitrogens is 3. The Morgan fingerprint density at radius 1 is 1.16 bits per heavy atom. The molecule has 2 aliphatic rings. The number of carboxylic acid groups (broad SMARTS) is 1. The third-order valence-corrected chi connectivity index (χ3v) is 6.96. The highest BCUT2D eigenvalue weighted by atomic mass is 19.3. The Bertz CT molecular complexity index is 1680. The maximum Gasteiger partial charge on any atom is 0.342 e. The highest BCUT2D eigenvalue weighted by Crippen LogP contribution is 2.50. The van der Waals surface area contributed by atoms with Gasteiger partial charge in [-0.3, -0.25) is 14.2 Å². The highest BCUT2D eigenvalue weighted by molar-refractivity contribution is 5.96. The van der Waals surface area contributed by atoms with E-state index in [0.29, 0.717) is 45.7 Å². The summed E-state index contributed by atoms with van der Waals surface area (Å²) in [4.78, 5) is 34.5. The van der Waals surface area contributed by atoms with Crippen molar-refractivity contribution in [1.29, 1.82) is 0 Å². The first-order chi connectivity index (χ1) is 17.7. The van der Waals surface area contributed by atoms with Crippen LogP contribution in [-0.4, -0.2) is 51.5 Å². The minimum absolute atomic E-state index is 0.0816. The van der Waals surface area contributed by atoms with Gasteiger partial charge in [-0.15, -0.1) is 0 Å². The van der Waals surface area contributed by atoms with Gasteiger partial charge in [-0.05, 0) is 35.4 Å². The normalized spacial score (nSPS) is 15.6. The van der Waals surface area contributed by atoms with E-state index in [0.717, 1.165) is 16.2 Å². The van der Waals surface area contributed by atoms with E-state index in [1.54, 1.807) is 30.3 Å². The number of alkyl halides is 2. The van der Waals surface area contributed by atoms with Gasteiger partial charge < -0.3 is 15.3 Å². The second kappa shape index (κ2) is 8.05. The van der Waals surface area contributed by atoms with Crippen molar-refractivity contribution in [2.24, 2.45) is 0 Å². The average Bonchev–Trinajstić information content (AvgIpc) is 3.42. The van der Waals surface area contributed by atoms with Gasteiger partial charge in [0, 0.05) is 67.4 Å². The second-order valence-corrected chi connectivity index (χ2v) is 9.20. The lowest BCUT2D eigenvalue weighted by Crippen LogP contribution is -2.26. The van der Waals surface area contributed by atoms with Crippen molar-refractivity contribution in [3.63, 3.8) is 0 Å². The van der Waals surface area contributed by atoms with Crippen LogP contribution in [0.15, 0.2) is 47.7 Å². The van der Waals surface area contributed by atoms with Crippen molar-refractivity contribution in [3.05, 3.63) is 75.8 Å². The van der Waals surface area contributed by atoms with Gasteiger partial charge in [0.1, 0.15) is 17.0 Å². The van der Waals surface area contributed by atoms with Crippen LogP contribution >= 0.6 is 0 Å². The van der Waals surface area contributed by atoms with Crippen molar-refractivity contribution in [2.45, 2.75) is 18.8 Å². The van der Waals surface area contributed by atoms with E-state index < -0.39 is 35.4 Å². The summed E-state index contributed by atoms with van der Waals surface area (Å²) >= 11 is 0. The molecule has 0 spiro atoms. The van der Waals surface area contributed by atoms with Crippen molar-refractivity contribution in [3.8, 4) is 22.3 Å². The van der Waals surface area contributed by atoms with Gasteiger partial charge >= 0.3 is 5.97 Å². The van der Waals surface area contributed by atoms with Crippen LogP contribution in [0.2, 0.25) is 0 Å². The van der Waals surface area contributed by atoms with Gasteiger partial charge in [0.15, 0.2) is 0 Å². The Morgan fingerprint density at radius 2 is 1.97 bits per heavy atom. The lowest BCUT2D eigenvalue weighted by Gasteiger charge is -2.25. The summed E-state index contributed by atoms with van der Waals surface area (Å²) in [5, 5.41) is 12.3. The number of anilines is 2. The van der Waals surface area contributed by atoms with Crippen molar-refractivity contribution in [2.75, 3.05) is 30.4 Å². The molecule has 1 aliphatic heterocycles. The number of benzene rings is 1. The van der Waals surface area contributed by atoms with Crippen LogP contribution in [0.25, 0.3) is 27.9 Å². The molecule has 37 heavy (non-hydrogen) atoms. The molecule has 1 saturated heterocycles. The van der Waals surface area contributed by atoms with Crippen molar-refractivity contribution in [1.82, 2.24) is 14.4 Å². The monoisotopic (exact) mass is 507 g/mol. The van der Waals surface area contributed by atoms with Crippen LogP contribution in [0.4, 0.5) is 24.5 Å². The topological polar surface area (TPSA) is 99.8 Å². The molecule has 0 amide bonds. The SMILES string of the molecule is CNc1cc(F)cc2c1Cc1ncc(-c3ccc4ncc(C(=O)O)c(=O)n4c3)c(N3CCC(F)(F)C3)c1-2. The van der Waals surface area contributed by atoms with E-state index in [2.05, 4.69) is 15.3 Å². The molecule has 0 saturated carbocycles. The number of nitrogens with one attached hydrogen (secondary N) is 1. The van der Waals surface area contributed by atoms with Crippen LogP contribution in [0.3, 0.4) is 0 Å². The highest BCUT2D eigenvalue weighted by Gasteiger charge is 2.41. The summed E-state index contributed by atoms with van der Waals surface area (Å²) in [5.74, 6) is -4.77. The summed E-state index contributed by atoms with van der Waals surface area (Å²) in [6.07, 6.45) is 4.07. The lowest BCUT2D eigenvalue weighted by atomic mass is 9.98. The number of carboxylic acids is 1. The predicted octanol–water partition coefficient (Wildman–Crippen LogP) is 4.05. The number of nitrogens with zero attached hydrogens (tertiary/aromatic N) is 4. The third kappa shape index (κ3) is 3.61. The number of rotatable bonds is 4. The molecular weight excluding hydrogens is 487 g/mol. The molecule has 6 rings (SSSR count). The lowest BCUT2D eigenvalue weighted by molar-refractivity contribution is 0.0257. The Labute approximate surface area is 208 Å². The molecule has 11 heteroatoms. The van der Waals surface area contributed by atoms with Gasteiger partial charge in [-0.2, -0.15) is 0 Å². The molecule has 0 unspecified atom stereocenters. The fourth-order valence-corrected chi connectivity index (χ4v) is 5.25. The molecule has 4 aromatic rings. The first kappa shape index (κ1) is 23.0. The number of hydrogen-bond donors (Lipinski definition) is 2. The summed E-state index contributed by atoms with van der Waals surface area (Å²) in [6.45, 7) is -0.434. The Balaban J connectivity index is 1.63. The maximum absolute atomic E-state index is 14.6. The van der Waals surface area contributed by atoms with E-state index >= 15 is 0 Å². The van der Waals surface area contributed by atoms with Crippen LogP contribution < -0.4 is 15.8 Å². The first-order valence-corrected chi connectivity index (χ1v) is 11.6. The number of hydrogen-bond acceptors (Lipinski definition) is 6. The maximum atomic E-state index is 14.6. The number of carbonyl (C=O) groups is 1. The van der Waals surface area contributed by atoms with Gasteiger partial charge in [-0.1, -0.05) is 0 Å². The fourth-order valence-electron chi connectivity index (χ4n) is 5.25. The van der Waals surface area contributed by atoms with Gasteiger partial charge in [0.05, 0.1) is 17.9 Å². The van der Waals surface area contributed by atoms with E-state index in [9.17, 15) is 27.9 Å². The predicted molar refractivity (Wildman–Crippen MR) is 131 cm³/mol. The summed E-state index contributed by atoms with van der Waals surface area (Å²) in [7, 11) is 1.69. The minimum Gasteiger partial charge on any atom is -0.477 e. The largest absolute Gasteiger partial charge is 0.477 e. The fraction of sp³-hybridized carbons (Fsp3) is 0.231. The summed E-state index contributed by atoms with van der Waals surface area (Å²) < 4.78 is 44.5. The number of halogens is 3. The number of fused-ring (bicyclic) bond motifs is 4. The zero-order valence-corrected chi connectivity index (χ0v) is 19.6. The zero-order chi connectivity index (χ0) is 26.1. The van der Waals surface area contributed by atoms with Crippen LogP contribution in [-0.2, 0) is 6.42 Å². The third-order valence-electron chi connectivity index (χ3n) is 6.96. The minimum atomic E-state index is -2.90. The van der Waals surface area contributed by atoms with Gasteiger partial charge in [0.25, 0.3) is 11.5 Å². The standard InChI is InChI=1S/C26H20F3N5O3/c1-30-19-7-14(27)6-16-15(19)8-20-22(16)23(33-5-4-26(28,29)12-33)17(9-31-20)13-2-3-21-32-10-18(25(36)37)24(35)34(21)11-13/h2-3,6-7,9-11,30H,4-5,8,12H2,1H3,(H,36,37). The molecule has 1 aromatic carbocycles. The van der Waals surface area contributed by atoms with E-state index in [1.165, 1.54) is 18.3 Å². The van der Waals surface area contributed by atoms with E-state index in [1.807, 2.05) is 0 Å². The first-order valence-electron chi connectivity index (χ1n) is 11.6. The van der Waals surface area contributed by atoms with Crippen molar-refractivity contribution < 1.29 is 23.1 Å². The second-order valence-electron chi connectivity index (χ2n) is 9.20. The molecule has 0 atom stereocenters. The molecule has 1 fully saturated rings. The molecule has 188 valence electrons. The Kier molecular flexibility index (Phi) is 5.01. The summed E-state index contributed by atoms with van der Waals surface area (Å²) in [6, 6.07) is 5.99. The van der Waals surface area contributed by atoms with E-state index in [4.69, 9.17) is 0 Å². The molecule has 4 heterocycles. The number of pyridine rings is 2. The van der Waals surface area contributed by atoms with Gasteiger partial charge in [-0.25, -0.2) is 22.9 Å². The zero-order valence-electron chi connectivity index (χ0n) is 19.6. The quantitative estimate of drug-likeness (QED) is 0.379. The van der Waals surface area contributed by atoms with Crippen LogP contribution in [0, 0.1) is 5.82 Å². The molecule has 3 aromatic heterocycles. The molecule has 8 nitrogen and oxygen atoms in total. The smallest absolute Gasteiger partial charge is 0.342 e.